The summed E-state index contributed by atoms with van der Waals surface area (Å²) in [5.74, 6) is 0.206. The van der Waals surface area contributed by atoms with Gasteiger partial charge in [0.2, 0.25) is 10.0 Å². The molecule has 1 aliphatic rings. The summed E-state index contributed by atoms with van der Waals surface area (Å²) in [7, 11) is -3.30. The molecule has 0 aliphatic carbocycles. The van der Waals surface area contributed by atoms with E-state index in [1.807, 2.05) is 25.1 Å². The van der Waals surface area contributed by atoms with E-state index in [4.69, 9.17) is 0 Å². The summed E-state index contributed by atoms with van der Waals surface area (Å²) in [6, 6.07) is 12.8. The van der Waals surface area contributed by atoms with Gasteiger partial charge in [0.05, 0.1) is 11.4 Å². The van der Waals surface area contributed by atoms with Crippen molar-refractivity contribution in [3.8, 4) is 0 Å². The number of hydrogen-bond acceptors (Lipinski definition) is 3. The number of sulfonamides is 1. The van der Waals surface area contributed by atoms with Gasteiger partial charge in [-0.15, -0.1) is 0 Å². The minimum Gasteiger partial charge on any atom is -0.321 e. The van der Waals surface area contributed by atoms with E-state index in [1.54, 1.807) is 24.3 Å². The maximum Gasteiger partial charge on any atom is 0.255 e. The molecule has 0 radical (unpaired) electrons. The topological polar surface area (TPSA) is 66.5 Å². The van der Waals surface area contributed by atoms with Gasteiger partial charge in [-0.25, -0.2) is 8.42 Å². The van der Waals surface area contributed by atoms with Crippen LogP contribution in [-0.2, 0) is 10.0 Å². The molecule has 5 nitrogen and oxygen atoms in total. The van der Waals surface area contributed by atoms with Gasteiger partial charge in [0.1, 0.15) is 0 Å². The smallest absolute Gasteiger partial charge is 0.255 e. The third kappa shape index (κ3) is 4.16. The van der Waals surface area contributed by atoms with Crippen LogP contribution in [0.15, 0.2) is 42.5 Å². The maximum atomic E-state index is 12.9. The Hall–Kier alpha value is -2.34. The molecule has 1 amide bonds. The molecule has 144 valence electrons. The molecule has 6 heteroatoms. The molecule has 0 aromatic heterocycles. The molecule has 0 atom stereocenters. The second-order valence-electron chi connectivity index (χ2n) is 7.29. The lowest BCUT2D eigenvalue weighted by molar-refractivity contribution is 0.102. The molecule has 0 saturated carbocycles. The van der Waals surface area contributed by atoms with Crippen molar-refractivity contribution in [1.82, 2.24) is 0 Å². The number of para-hydroxylation sites is 1. The number of amides is 1. The van der Waals surface area contributed by atoms with Crippen LogP contribution in [0.2, 0.25) is 0 Å². The zero-order valence-electron chi connectivity index (χ0n) is 16.0. The van der Waals surface area contributed by atoms with Crippen LogP contribution in [0.4, 0.5) is 11.4 Å². The van der Waals surface area contributed by atoms with Gasteiger partial charge >= 0.3 is 0 Å². The number of carbonyl (C=O) groups excluding carboxylic acids is 1. The first-order valence-electron chi connectivity index (χ1n) is 9.31. The lowest BCUT2D eigenvalue weighted by Crippen LogP contribution is -2.37. The van der Waals surface area contributed by atoms with Gasteiger partial charge in [-0.2, -0.15) is 0 Å². The van der Waals surface area contributed by atoms with Gasteiger partial charge in [0.15, 0.2) is 0 Å². The molecule has 1 aliphatic heterocycles. The third-order valence-electron chi connectivity index (χ3n) is 4.91. The van der Waals surface area contributed by atoms with E-state index >= 15 is 0 Å². The predicted molar refractivity (Wildman–Crippen MR) is 110 cm³/mol. The fraction of sp³-hybridized carbons (Fsp3) is 0.381. The van der Waals surface area contributed by atoms with Crippen LogP contribution in [0.25, 0.3) is 0 Å². The summed E-state index contributed by atoms with van der Waals surface area (Å²) in [5.41, 5.74) is 3.92. The second kappa shape index (κ2) is 7.72. The Kier molecular flexibility index (Phi) is 5.56. The van der Waals surface area contributed by atoms with Crippen LogP contribution in [0.1, 0.15) is 54.1 Å². The van der Waals surface area contributed by atoms with Crippen molar-refractivity contribution >= 4 is 27.3 Å². The van der Waals surface area contributed by atoms with Crippen LogP contribution >= 0.6 is 0 Å². The molecule has 2 aromatic rings. The van der Waals surface area contributed by atoms with Crippen LogP contribution < -0.4 is 9.62 Å². The maximum absolute atomic E-state index is 12.9. The Morgan fingerprint density at radius 3 is 2.56 bits per heavy atom. The summed E-state index contributed by atoms with van der Waals surface area (Å²) < 4.78 is 26.1. The Balaban J connectivity index is 1.89. The number of carbonyl (C=O) groups is 1. The molecule has 1 N–H and O–H groups in total. The Labute approximate surface area is 161 Å². The van der Waals surface area contributed by atoms with E-state index in [2.05, 4.69) is 19.2 Å². The van der Waals surface area contributed by atoms with Crippen molar-refractivity contribution in [3.05, 3.63) is 59.2 Å². The van der Waals surface area contributed by atoms with Crippen molar-refractivity contribution in [2.24, 2.45) is 0 Å². The number of rotatable bonds is 4. The van der Waals surface area contributed by atoms with E-state index in [-0.39, 0.29) is 17.6 Å². The number of aryl methyl sites for hydroxylation is 1. The number of nitrogens with zero attached hydrogens (tertiary/aromatic N) is 1. The van der Waals surface area contributed by atoms with Crippen LogP contribution in [-0.4, -0.2) is 26.6 Å². The highest BCUT2D eigenvalue weighted by Gasteiger charge is 2.26. The average Bonchev–Trinajstić information content (AvgIpc) is 2.62. The molecule has 27 heavy (non-hydrogen) atoms. The second-order valence-corrected chi connectivity index (χ2v) is 9.31. The minimum atomic E-state index is -3.30. The summed E-state index contributed by atoms with van der Waals surface area (Å²) in [5, 5.41) is 3.02. The minimum absolute atomic E-state index is 0.157. The summed E-state index contributed by atoms with van der Waals surface area (Å²) in [6.07, 6.45) is 1.51. The zero-order chi connectivity index (χ0) is 19.6. The van der Waals surface area contributed by atoms with Gasteiger partial charge in [-0.1, -0.05) is 38.1 Å². The van der Waals surface area contributed by atoms with Gasteiger partial charge in [-0.05, 0) is 55.0 Å². The molecular formula is C21H26N2O3S. The first kappa shape index (κ1) is 19.4. The van der Waals surface area contributed by atoms with E-state index < -0.39 is 10.0 Å². The first-order chi connectivity index (χ1) is 12.8. The molecule has 2 aromatic carbocycles. The van der Waals surface area contributed by atoms with E-state index in [9.17, 15) is 13.2 Å². The molecule has 0 spiro atoms. The van der Waals surface area contributed by atoms with E-state index in [1.165, 1.54) is 4.31 Å². The van der Waals surface area contributed by atoms with Gasteiger partial charge < -0.3 is 5.32 Å². The SMILES string of the molecule is Cc1cccc(C(C)C)c1NC(=O)c1cccc(N2CCCCS2(=O)=O)c1. The normalized spacial score (nSPS) is 16.4. The highest BCUT2D eigenvalue weighted by molar-refractivity contribution is 7.92. The Morgan fingerprint density at radius 1 is 1.11 bits per heavy atom. The molecule has 0 bridgehead atoms. The first-order valence-corrected chi connectivity index (χ1v) is 10.9. The largest absolute Gasteiger partial charge is 0.321 e. The average molecular weight is 387 g/mol. The highest BCUT2D eigenvalue weighted by Crippen LogP contribution is 2.29. The fourth-order valence-electron chi connectivity index (χ4n) is 3.41. The third-order valence-corrected chi connectivity index (χ3v) is 6.78. The number of benzene rings is 2. The standard InChI is InChI=1S/C21H26N2O3S/c1-15(2)19-11-6-8-16(3)20(19)22-21(24)17-9-7-10-18(14-17)23-12-4-5-13-27(23,25)26/h6-11,14-15H,4-5,12-13H2,1-3H3,(H,22,24). The van der Waals surface area contributed by atoms with Gasteiger partial charge in [0, 0.05) is 17.8 Å². The van der Waals surface area contributed by atoms with Crippen molar-refractivity contribution < 1.29 is 13.2 Å². The summed E-state index contributed by atoms with van der Waals surface area (Å²) in [4.78, 5) is 12.9. The monoisotopic (exact) mass is 386 g/mol. The molecule has 1 heterocycles. The fourth-order valence-corrected chi connectivity index (χ4v) is 5.04. The number of hydrogen-bond donors (Lipinski definition) is 1. The van der Waals surface area contributed by atoms with Crippen molar-refractivity contribution in [2.45, 2.75) is 39.5 Å². The lowest BCUT2D eigenvalue weighted by atomic mass is 9.98. The zero-order valence-corrected chi connectivity index (χ0v) is 16.8. The van der Waals surface area contributed by atoms with E-state index in [0.29, 0.717) is 24.2 Å². The Morgan fingerprint density at radius 2 is 1.85 bits per heavy atom. The Bertz CT molecular complexity index is 952. The van der Waals surface area contributed by atoms with Gasteiger partial charge in [-0.3, -0.25) is 9.10 Å². The molecule has 1 saturated heterocycles. The van der Waals surface area contributed by atoms with E-state index in [0.717, 1.165) is 23.2 Å². The highest BCUT2D eigenvalue weighted by atomic mass is 32.2. The van der Waals surface area contributed by atoms with Crippen LogP contribution in [0, 0.1) is 6.92 Å². The quantitative estimate of drug-likeness (QED) is 0.852. The summed E-state index contributed by atoms with van der Waals surface area (Å²) >= 11 is 0. The van der Waals surface area contributed by atoms with Crippen molar-refractivity contribution in [1.29, 1.82) is 0 Å². The number of anilines is 2. The van der Waals surface area contributed by atoms with Crippen molar-refractivity contribution in [2.75, 3.05) is 21.9 Å². The lowest BCUT2D eigenvalue weighted by Gasteiger charge is -2.28. The summed E-state index contributed by atoms with van der Waals surface area (Å²) in [6.45, 7) is 6.61. The molecule has 0 unspecified atom stereocenters. The molecular weight excluding hydrogens is 360 g/mol. The molecule has 1 fully saturated rings. The van der Waals surface area contributed by atoms with Crippen LogP contribution in [0.3, 0.4) is 0 Å². The van der Waals surface area contributed by atoms with Crippen molar-refractivity contribution in [3.63, 3.8) is 0 Å². The van der Waals surface area contributed by atoms with Gasteiger partial charge in [0.25, 0.3) is 5.91 Å². The predicted octanol–water partition coefficient (Wildman–Crippen LogP) is 4.30. The number of nitrogens with one attached hydrogen (secondary N) is 1. The van der Waals surface area contributed by atoms with Crippen LogP contribution in [0.5, 0.6) is 0 Å². The molecule has 3 rings (SSSR count).